The van der Waals surface area contributed by atoms with E-state index in [0.29, 0.717) is 6.42 Å². The summed E-state index contributed by atoms with van der Waals surface area (Å²) in [7, 11) is 0. The molecular formula is C9H11N3O4. The van der Waals surface area contributed by atoms with E-state index in [0.717, 1.165) is 11.8 Å². The van der Waals surface area contributed by atoms with Gasteiger partial charge >= 0.3 is 11.7 Å². The average Bonchev–Trinajstić information content (AvgIpc) is 2.61. The summed E-state index contributed by atoms with van der Waals surface area (Å²) >= 11 is 0. The summed E-state index contributed by atoms with van der Waals surface area (Å²) in [5.41, 5.74) is -0.236. The molecule has 0 aromatic carbocycles. The van der Waals surface area contributed by atoms with Crippen molar-refractivity contribution in [2.24, 2.45) is 0 Å². The number of aromatic carboxylic acids is 1. The Morgan fingerprint density at radius 3 is 2.75 bits per heavy atom. The quantitative estimate of drug-likeness (QED) is 0.464. The molecule has 0 atom stereocenters. The van der Waals surface area contributed by atoms with Crippen LogP contribution in [0.3, 0.4) is 0 Å². The van der Waals surface area contributed by atoms with E-state index >= 15 is 0 Å². The van der Waals surface area contributed by atoms with Crippen molar-refractivity contribution in [2.75, 3.05) is 0 Å². The lowest BCUT2D eigenvalue weighted by Crippen LogP contribution is -2.04. The summed E-state index contributed by atoms with van der Waals surface area (Å²) in [6, 6.07) is 0. The number of nitrogens with zero attached hydrogens (tertiary/aromatic N) is 3. The van der Waals surface area contributed by atoms with E-state index in [4.69, 9.17) is 5.11 Å². The van der Waals surface area contributed by atoms with Crippen LogP contribution in [0, 0.1) is 10.1 Å². The largest absolute Gasteiger partial charge is 0.476 e. The van der Waals surface area contributed by atoms with Gasteiger partial charge in [-0.05, 0) is 6.42 Å². The van der Waals surface area contributed by atoms with Crippen molar-refractivity contribution in [3.63, 3.8) is 0 Å². The first-order chi connectivity index (χ1) is 7.45. The molecule has 0 saturated carbocycles. The lowest BCUT2D eigenvalue weighted by Gasteiger charge is -2.00. The third-order valence-electron chi connectivity index (χ3n) is 2.03. The first kappa shape index (κ1) is 11.9. The molecule has 0 unspecified atom stereocenters. The lowest BCUT2D eigenvalue weighted by atomic mass is 10.2. The Labute approximate surface area is 91.1 Å². The van der Waals surface area contributed by atoms with Crippen molar-refractivity contribution in [1.82, 2.24) is 9.78 Å². The van der Waals surface area contributed by atoms with Gasteiger partial charge in [-0.15, -0.1) is 0 Å². The first-order valence-corrected chi connectivity index (χ1v) is 4.57. The van der Waals surface area contributed by atoms with Crippen LogP contribution in [0.2, 0.25) is 0 Å². The number of allylic oxidation sites excluding steroid dienone is 1. The van der Waals surface area contributed by atoms with E-state index in [1.54, 1.807) is 0 Å². The maximum absolute atomic E-state index is 10.7. The summed E-state index contributed by atoms with van der Waals surface area (Å²) in [4.78, 5) is 20.5. The Hall–Kier alpha value is -2.18. The molecule has 0 aliphatic heterocycles. The highest BCUT2D eigenvalue weighted by Crippen LogP contribution is 2.17. The van der Waals surface area contributed by atoms with Crippen LogP contribution in [0.15, 0.2) is 18.3 Å². The minimum Gasteiger partial charge on any atom is -0.476 e. The van der Waals surface area contributed by atoms with Crippen LogP contribution in [0.1, 0.15) is 23.8 Å². The molecule has 1 aromatic heterocycles. The first-order valence-electron chi connectivity index (χ1n) is 4.57. The fourth-order valence-electron chi connectivity index (χ4n) is 1.12. The zero-order chi connectivity index (χ0) is 12.3. The summed E-state index contributed by atoms with van der Waals surface area (Å²) in [6.07, 6.45) is 1.81. The predicted molar refractivity (Wildman–Crippen MR) is 55.3 cm³/mol. The van der Waals surface area contributed by atoms with Gasteiger partial charge in [0.25, 0.3) is 0 Å². The molecule has 0 fully saturated rings. The Bertz CT molecular complexity index is 418. The monoisotopic (exact) mass is 225 g/mol. The highest BCUT2D eigenvalue weighted by atomic mass is 16.6. The number of carbonyl (C=O) groups is 1. The summed E-state index contributed by atoms with van der Waals surface area (Å²) < 4.78 is 1.22. The van der Waals surface area contributed by atoms with Gasteiger partial charge in [-0.1, -0.05) is 19.1 Å². The molecule has 0 aliphatic rings. The zero-order valence-corrected chi connectivity index (χ0v) is 8.71. The minimum atomic E-state index is -1.41. The second kappa shape index (κ2) is 4.56. The van der Waals surface area contributed by atoms with Crippen molar-refractivity contribution < 1.29 is 14.8 Å². The van der Waals surface area contributed by atoms with E-state index in [1.165, 1.54) is 4.68 Å². The van der Waals surface area contributed by atoms with Crippen LogP contribution in [0.25, 0.3) is 0 Å². The Morgan fingerprint density at radius 2 is 2.38 bits per heavy atom. The topological polar surface area (TPSA) is 98.3 Å². The molecule has 86 valence electrons. The third-order valence-corrected chi connectivity index (χ3v) is 2.03. The Morgan fingerprint density at radius 1 is 1.75 bits per heavy atom. The molecule has 1 heterocycles. The smallest absolute Gasteiger partial charge is 0.363 e. The number of nitro groups is 1. The molecule has 1 N–H and O–H groups in total. The van der Waals surface area contributed by atoms with E-state index in [1.807, 2.05) is 6.92 Å². The van der Waals surface area contributed by atoms with Gasteiger partial charge in [0.05, 0.1) is 11.5 Å². The van der Waals surface area contributed by atoms with Crippen molar-refractivity contribution >= 4 is 11.7 Å². The molecule has 0 saturated heterocycles. The maximum atomic E-state index is 10.7. The molecular weight excluding hydrogens is 214 g/mol. The average molecular weight is 225 g/mol. The van der Waals surface area contributed by atoms with Crippen LogP contribution in [0.5, 0.6) is 0 Å². The Kier molecular flexibility index (Phi) is 3.39. The number of carboxylic acid groups (broad SMARTS) is 1. The molecule has 7 nitrogen and oxygen atoms in total. The molecule has 16 heavy (non-hydrogen) atoms. The van der Waals surface area contributed by atoms with Gasteiger partial charge in [-0.25, -0.2) is 4.79 Å². The van der Waals surface area contributed by atoms with Gasteiger partial charge in [0, 0.05) is 0 Å². The molecule has 1 rings (SSSR count). The van der Waals surface area contributed by atoms with Crippen molar-refractivity contribution in [3.8, 4) is 0 Å². The highest BCUT2D eigenvalue weighted by Gasteiger charge is 2.24. The number of aromatic nitrogens is 2. The highest BCUT2D eigenvalue weighted by molar-refractivity contribution is 5.89. The minimum absolute atomic E-state index is 0.282. The SMILES string of the molecule is C=C(CC)Cn1cc([N+](=O)[O-])c(C(=O)O)n1. The second-order valence-electron chi connectivity index (χ2n) is 3.23. The zero-order valence-electron chi connectivity index (χ0n) is 8.71. The van der Waals surface area contributed by atoms with E-state index in [-0.39, 0.29) is 6.54 Å². The molecule has 0 radical (unpaired) electrons. The predicted octanol–water partition coefficient (Wildman–Crippen LogP) is 1.46. The number of hydrogen-bond acceptors (Lipinski definition) is 4. The van der Waals surface area contributed by atoms with Gasteiger partial charge in [0.1, 0.15) is 6.20 Å². The van der Waals surface area contributed by atoms with Crippen LogP contribution in [-0.2, 0) is 6.54 Å². The van der Waals surface area contributed by atoms with Crippen molar-refractivity contribution in [2.45, 2.75) is 19.9 Å². The van der Waals surface area contributed by atoms with Crippen molar-refractivity contribution in [3.05, 3.63) is 34.2 Å². The molecule has 0 amide bonds. The van der Waals surface area contributed by atoms with Crippen LogP contribution in [0.4, 0.5) is 5.69 Å². The van der Waals surface area contributed by atoms with Crippen LogP contribution < -0.4 is 0 Å². The third kappa shape index (κ3) is 2.44. The van der Waals surface area contributed by atoms with Gasteiger partial charge in [0.15, 0.2) is 0 Å². The van der Waals surface area contributed by atoms with Crippen molar-refractivity contribution in [1.29, 1.82) is 0 Å². The van der Waals surface area contributed by atoms with Gasteiger partial charge in [-0.3, -0.25) is 14.8 Å². The molecule has 0 bridgehead atoms. The number of rotatable bonds is 5. The number of hydrogen-bond donors (Lipinski definition) is 1. The fraction of sp³-hybridized carbons (Fsp3) is 0.333. The molecule has 0 aliphatic carbocycles. The Balaban J connectivity index is 3.06. The van der Waals surface area contributed by atoms with E-state index in [2.05, 4.69) is 11.7 Å². The molecule has 0 spiro atoms. The van der Waals surface area contributed by atoms with Crippen LogP contribution in [-0.4, -0.2) is 25.8 Å². The number of carboxylic acids is 1. The van der Waals surface area contributed by atoms with Gasteiger partial charge in [-0.2, -0.15) is 5.10 Å². The van der Waals surface area contributed by atoms with E-state index < -0.39 is 22.3 Å². The van der Waals surface area contributed by atoms with Gasteiger partial charge in [0.2, 0.25) is 5.69 Å². The molecule has 1 aromatic rings. The summed E-state index contributed by atoms with van der Waals surface area (Å²) in [6.45, 7) is 5.89. The normalized spacial score (nSPS) is 10.1. The lowest BCUT2D eigenvalue weighted by molar-refractivity contribution is -0.385. The summed E-state index contributed by atoms with van der Waals surface area (Å²) in [5.74, 6) is -1.41. The van der Waals surface area contributed by atoms with Crippen LogP contribution >= 0.6 is 0 Å². The standard InChI is InChI=1S/C9H11N3O4/c1-3-6(2)4-11-5-7(12(15)16)8(10-11)9(13)14/h5H,2-4H2,1H3,(H,13,14). The fourth-order valence-corrected chi connectivity index (χ4v) is 1.12. The maximum Gasteiger partial charge on any atom is 0.363 e. The van der Waals surface area contributed by atoms with E-state index in [9.17, 15) is 14.9 Å². The van der Waals surface area contributed by atoms with Gasteiger partial charge < -0.3 is 5.11 Å². The molecule has 7 heteroatoms. The second-order valence-corrected chi connectivity index (χ2v) is 3.23. The summed E-state index contributed by atoms with van der Waals surface area (Å²) in [5, 5.41) is 22.9.